The van der Waals surface area contributed by atoms with Gasteiger partial charge in [0, 0.05) is 17.3 Å². The Bertz CT molecular complexity index is 578. The molecule has 0 radical (unpaired) electrons. The zero-order chi connectivity index (χ0) is 13.9. The van der Waals surface area contributed by atoms with Gasteiger partial charge in [-0.3, -0.25) is 4.79 Å². The van der Waals surface area contributed by atoms with Crippen LogP contribution >= 0.6 is 0 Å². The molecule has 1 heterocycles. The van der Waals surface area contributed by atoms with Gasteiger partial charge in [-0.2, -0.15) is 0 Å². The van der Waals surface area contributed by atoms with Gasteiger partial charge in [-0.1, -0.05) is 6.42 Å². The van der Waals surface area contributed by atoms with Crippen LogP contribution in [0.4, 0.5) is 5.69 Å². The van der Waals surface area contributed by atoms with Gasteiger partial charge < -0.3 is 15.5 Å². The van der Waals surface area contributed by atoms with Crippen LogP contribution in [0.2, 0.25) is 0 Å². The first-order valence-electron chi connectivity index (χ1n) is 6.79. The number of carbonyl (C=O) groups is 1. The van der Waals surface area contributed by atoms with Gasteiger partial charge in [-0.15, -0.1) is 0 Å². The van der Waals surface area contributed by atoms with Crippen LogP contribution in [0.15, 0.2) is 41.3 Å². The number of nitrogens with zero attached hydrogens (tertiary/aromatic N) is 1. The first-order chi connectivity index (χ1) is 9.74. The Morgan fingerprint density at radius 3 is 2.70 bits per heavy atom. The van der Waals surface area contributed by atoms with Crippen LogP contribution in [0.5, 0.6) is 0 Å². The SMILES string of the molecule is NC1CCCC1C(=O)Nc1ccc(-c2cnco2)cc1. The number of nitrogens with two attached hydrogens (primary N) is 1. The summed E-state index contributed by atoms with van der Waals surface area (Å²) in [6.45, 7) is 0. The number of amides is 1. The molecule has 3 rings (SSSR count). The van der Waals surface area contributed by atoms with E-state index in [9.17, 15) is 4.79 Å². The number of benzene rings is 1. The quantitative estimate of drug-likeness (QED) is 0.898. The Kier molecular flexibility index (Phi) is 3.52. The average Bonchev–Trinajstić information content (AvgIpc) is 3.10. The van der Waals surface area contributed by atoms with Crippen LogP contribution in [0.3, 0.4) is 0 Å². The maximum Gasteiger partial charge on any atom is 0.229 e. The van der Waals surface area contributed by atoms with Crippen molar-refractivity contribution in [3.63, 3.8) is 0 Å². The van der Waals surface area contributed by atoms with Gasteiger partial charge in [0.25, 0.3) is 0 Å². The molecule has 2 aromatic rings. The summed E-state index contributed by atoms with van der Waals surface area (Å²) in [6.07, 6.45) is 5.90. The molecular formula is C15H17N3O2. The fourth-order valence-electron chi connectivity index (χ4n) is 2.63. The van der Waals surface area contributed by atoms with E-state index in [-0.39, 0.29) is 17.9 Å². The predicted octanol–water partition coefficient (Wildman–Crippen LogP) is 2.41. The number of carbonyl (C=O) groups excluding carboxylic acids is 1. The molecule has 0 saturated heterocycles. The molecule has 1 saturated carbocycles. The van der Waals surface area contributed by atoms with Crippen molar-refractivity contribution in [3.8, 4) is 11.3 Å². The molecule has 1 aromatic heterocycles. The minimum atomic E-state index is -0.0658. The monoisotopic (exact) mass is 271 g/mol. The van der Waals surface area contributed by atoms with Gasteiger partial charge in [0.15, 0.2) is 12.2 Å². The molecule has 1 aliphatic rings. The van der Waals surface area contributed by atoms with Gasteiger partial charge in [-0.25, -0.2) is 4.98 Å². The summed E-state index contributed by atoms with van der Waals surface area (Å²) in [5.41, 5.74) is 7.65. The number of hydrogen-bond donors (Lipinski definition) is 2. The average molecular weight is 271 g/mol. The summed E-state index contributed by atoms with van der Waals surface area (Å²) in [6, 6.07) is 7.49. The fraction of sp³-hybridized carbons (Fsp3) is 0.333. The van der Waals surface area contributed by atoms with Crippen LogP contribution < -0.4 is 11.1 Å². The van der Waals surface area contributed by atoms with Crippen molar-refractivity contribution in [2.45, 2.75) is 25.3 Å². The van der Waals surface area contributed by atoms with Crippen LogP contribution in [-0.2, 0) is 4.79 Å². The Hall–Kier alpha value is -2.14. The molecule has 5 heteroatoms. The highest BCUT2D eigenvalue weighted by molar-refractivity contribution is 5.93. The number of oxazole rings is 1. The normalized spacial score (nSPS) is 21.9. The van der Waals surface area contributed by atoms with E-state index in [4.69, 9.17) is 10.2 Å². The second kappa shape index (κ2) is 5.46. The molecule has 3 N–H and O–H groups in total. The Labute approximate surface area is 117 Å². The van der Waals surface area contributed by atoms with E-state index in [1.165, 1.54) is 6.39 Å². The highest BCUT2D eigenvalue weighted by Crippen LogP contribution is 2.26. The molecule has 1 aliphatic carbocycles. The number of aromatic nitrogens is 1. The zero-order valence-corrected chi connectivity index (χ0v) is 11.1. The molecule has 104 valence electrons. The van der Waals surface area contributed by atoms with Crippen molar-refractivity contribution < 1.29 is 9.21 Å². The summed E-state index contributed by atoms with van der Waals surface area (Å²) in [4.78, 5) is 16.0. The molecule has 1 aromatic carbocycles. The summed E-state index contributed by atoms with van der Waals surface area (Å²) in [5, 5.41) is 2.92. The molecule has 2 atom stereocenters. The van der Waals surface area contributed by atoms with Gasteiger partial charge in [0.1, 0.15) is 0 Å². The standard InChI is InChI=1S/C15H17N3O2/c16-13-3-1-2-12(13)15(19)18-11-6-4-10(5-7-11)14-8-17-9-20-14/h4-9,12-13H,1-3,16H2,(H,18,19). The van der Waals surface area contributed by atoms with Crippen molar-refractivity contribution in [1.29, 1.82) is 0 Å². The first kappa shape index (κ1) is 12.9. The maximum absolute atomic E-state index is 12.1. The van der Waals surface area contributed by atoms with Crippen molar-refractivity contribution in [3.05, 3.63) is 36.9 Å². The van der Waals surface area contributed by atoms with E-state index in [2.05, 4.69) is 10.3 Å². The van der Waals surface area contributed by atoms with Crippen LogP contribution in [0.1, 0.15) is 19.3 Å². The smallest absolute Gasteiger partial charge is 0.229 e. The Morgan fingerprint density at radius 2 is 2.10 bits per heavy atom. The third-order valence-electron chi connectivity index (χ3n) is 3.78. The summed E-state index contributed by atoms with van der Waals surface area (Å²) in [7, 11) is 0. The molecule has 0 spiro atoms. The lowest BCUT2D eigenvalue weighted by molar-refractivity contribution is -0.120. The van der Waals surface area contributed by atoms with E-state index >= 15 is 0 Å². The van der Waals surface area contributed by atoms with Gasteiger partial charge in [-0.05, 0) is 37.1 Å². The lowest BCUT2D eigenvalue weighted by Crippen LogP contribution is -2.34. The molecule has 0 bridgehead atoms. The molecule has 5 nitrogen and oxygen atoms in total. The highest BCUT2D eigenvalue weighted by Gasteiger charge is 2.30. The third-order valence-corrected chi connectivity index (χ3v) is 3.78. The van der Waals surface area contributed by atoms with Crippen LogP contribution in [0, 0.1) is 5.92 Å². The van der Waals surface area contributed by atoms with E-state index in [1.54, 1.807) is 6.20 Å². The lowest BCUT2D eigenvalue weighted by atomic mass is 10.0. The van der Waals surface area contributed by atoms with Crippen molar-refractivity contribution in [1.82, 2.24) is 4.98 Å². The minimum absolute atomic E-state index is 0.0107. The van der Waals surface area contributed by atoms with Crippen molar-refractivity contribution >= 4 is 11.6 Å². The van der Waals surface area contributed by atoms with E-state index in [0.29, 0.717) is 5.76 Å². The lowest BCUT2D eigenvalue weighted by Gasteiger charge is -2.15. The Morgan fingerprint density at radius 1 is 1.30 bits per heavy atom. The van der Waals surface area contributed by atoms with Gasteiger partial charge in [0.05, 0.1) is 12.1 Å². The molecule has 0 aliphatic heterocycles. The Balaban J connectivity index is 1.68. The summed E-state index contributed by atoms with van der Waals surface area (Å²) < 4.78 is 5.22. The fourth-order valence-corrected chi connectivity index (χ4v) is 2.63. The van der Waals surface area contributed by atoms with Gasteiger partial charge >= 0.3 is 0 Å². The molecule has 2 unspecified atom stereocenters. The molecular weight excluding hydrogens is 254 g/mol. The number of hydrogen-bond acceptors (Lipinski definition) is 4. The largest absolute Gasteiger partial charge is 0.444 e. The molecule has 20 heavy (non-hydrogen) atoms. The number of nitrogens with one attached hydrogen (secondary N) is 1. The van der Waals surface area contributed by atoms with Gasteiger partial charge in [0.2, 0.25) is 5.91 Å². The number of anilines is 1. The topological polar surface area (TPSA) is 81.2 Å². The van der Waals surface area contributed by atoms with Crippen LogP contribution in [-0.4, -0.2) is 16.9 Å². The zero-order valence-electron chi connectivity index (χ0n) is 11.1. The highest BCUT2D eigenvalue weighted by atomic mass is 16.3. The predicted molar refractivity (Wildman–Crippen MR) is 75.9 cm³/mol. The van der Waals surface area contributed by atoms with Crippen molar-refractivity contribution in [2.24, 2.45) is 11.7 Å². The first-order valence-corrected chi connectivity index (χ1v) is 6.79. The van der Waals surface area contributed by atoms with Crippen molar-refractivity contribution in [2.75, 3.05) is 5.32 Å². The van der Waals surface area contributed by atoms with E-state index in [0.717, 1.165) is 30.5 Å². The van der Waals surface area contributed by atoms with E-state index in [1.807, 2.05) is 24.3 Å². The summed E-state index contributed by atoms with van der Waals surface area (Å²) >= 11 is 0. The third kappa shape index (κ3) is 2.58. The van der Waals surface area contributed by atoms with E-state index < -0.39 is 0 Å². The maximum atomic E-state index is 12.1. The summed E-state index contributed by atoms with van der Waals surface area (Å²) in [5.74, 6) is 0.659. The molecule has 1 fully saturated rings. The number of rotatable bonds is 3. The second-order valence-electron chi connectivity index (χ2n) is 5.13. The van der Waals surface area contributed by atoms with Crippen LogP contribution in [0.25, 0.3) is 11.3 Å². The second-order valence-corrected chi connectivity index (χ2v) is 5.13. The minimum Gasteiger partial charge on any atom is -0.444 e. The molecule has 1 amide bonds.